The molecule has 206 valence electrons. The summed E-state index contributed by atoms with van der Waals surface area (Å²) in [6, 6.07) is 25.2. The molecule has 0 saturated heterocycles. The molecule has 4 aromatic carbocycles. The second kappa shape index (κ2) is 13.7. The van der Waals surface area contributed by atoms with Gasteiger partial charge in [0.15, 0.2) is 0 Å². The molecule has 3 nitrogen and oxygen atoms in total. The van der Waals surface area contributed by atoms with Crippen molar-refractivity contribution in [1.82, 2.24) is 4.90 Å². The summed E-state index contributed by atoms with van der Waals surface area (Å²) in [4.78, 5) is 13.1. The second-order valence-electron chi connectivity index (χ2n) is 9.88. The van der Waals surface area contributed by atoms with Crippen molar-refractivity contribution in [1.29, 1.82) is 0 Å². The minimum absolute atomic E-state index is 0.170. The smallest absolute Gasteiger partial charge is 0.245 e. The number of ether oxygens (including phenoxy) is 1. The number of carbonyl (C=O) groups excluding carboxylic acids is 1. The van der Waals surface area contributed by atoms with Gasteiger partial charge in [0.2, 0.25) is 5.91 Å². The number of unbranched alkanes of at least 4 members (excludes halogenated alkanes) is 2. The number of likely N-dealkylation sites (N-methyl/N-ethyl adjacent to an activating group) is 1. The quantitative estimate of drug-likeness (QED) is 0.133. The SMILES string of the molecule is C=CC(=O)N(C)CCOc1ccc(-c2ccc(-c3ccc(-c4ccc(CCCCC)cc4)cc3F)cc2F)cc1. The molecule has 0 radical (unpaired) electrons. The first-order valence-corrected chi connectivity index (χ1v) is 13.7. The van der Waals surface area contributed by atoms with Gasteiger partial charge in [-0.2, -0.15) is 0 Å². The van der Waals surface area contributed by atoms with Crippen LogP contribution in [0.25, 0.3) is 33.4 Å². The first kappa shape index (κ1) is 28.8. The molecule has 4 aromatic rings. The topological polar surface area (TPSA) is 29.5 Å². The standard InChI is InChI=1S/C35H35F2NO2/c1-4-6-7-8-25-9-11-26(12-10-25)28-15-19-32(33(36)23-28)29-16-20-31(34(37)24-29)27-13-17-30(18-14-27)40-22-21-38(3)35(39)5-2/h5,9-20,23-24H,2,4,6-8,21-22H2,1,3H3. The first-order chi connectivity index (χ1) is 19.4. The van der Waals surface area contributed by atoms with Crippen LogP contribution in [0.2, 0.25) is 0 Å². The lowest BCUT2D eigenvalue weighted by molar-refractivity contribution is -0.125. The molecule has 0 spiro atoms. The van der Waals surface area contributed by atoms with Crippen LogP contribution in [0.1, 0.15) is 31.7 Å². The van der Waals surface area contributed by atoms with Crippen molar-refractivity contribution in [3.63, 3.8) is 0 Å². The minimum atomic E-state index is -0.433. The summed E-state index contributed by atoms with van der Waals surface area (Å²) in [7, 11) is 1.68. The van der Waals surface area contributed by atoms with Gasteiger partial charge in [-0.15, -0.1) is 0 Å². The molecular weight excluding hydrogens is 504 g/mol. The minimum Gasteiger partial charge on any atom is -0.492 e. The van der Waals surface area contributed by atoms with Crippen LogP contribution >= 0.6 is 0 Å². The maximum Gasteiger partial charge on any atom is 0.245 e. The third-order valence-electron chi connectivity index (χ3n) is 7.02. The molecule has 0 aliphatic heterocycles. The molecule has 0 aliphatic rings. The molecule has 0 fully saturated rings. The highest BCUT2D eigenvalue weighted by atomic mass is 19.1. The summed E-state index contributed by atoms with van der Waals surface area (Å²) in [6.07, 6.45) is 5.90. The molecule has 1 amide bonds. The largest absolute Gasteiger partial charge is 0.492 e. The van der Waals surface area contributed by atoms with Crippen LogP contribution in [0, 0.1) is 11.6 Å². The zero-order valence-corrected chi connectivity index (χ0v) is 23.1. The van der Waals surface area contributed by atoms with Gasteiger partial charge < -0.3 is 9.64 Å². The van der Waals surface area contributed by atoms with Crippen molar-refractivity contribution in [3.8, 4) is 39.1 Å². The molecule has 0 heterocycles. The molecule has 5 heteroatoms. The van der Waals surface area contributed by atoms with Crippen molar-refractivity contribution < 1.29 is 18.3 Å². The van der Waals surface area contributed by atoms with Crippen molar-refractivity contribution >= 4 is 5.91 Å². The van der Waals surface area contributed by atoms with Crippen LogP contribution < -0.4 is 4.74 Å². The molecule has 0 unspecified atom stereocenters. The van der Waals surface area contributed by atoms with Crippen LogP contribution in [0.4, 0.5) is 8.78 Å². The Hall–Kier alpha value is -4.25. The van der Waals surface area contributed by atoms with E-state index in [1.54, 1.807) is 49.5 Å². The normalized spacial score (nSPS) is 10.8. The molecule has 0 bridgehead atoms. The highest BCUT2D eigenvalue weighted by molar-refractivity contribution is 5.86. The van der Waals surface area contributed by atoms with E-state index in [0.29, 0.717) is 41.2 Å². The lowest BCUT2D eigenvalue weighted by Gasteiger charge is -2.15. The lowest BCUT2D eigenvalue weighted by Crippen LogP contribution is -2.29. The molecular formula is C35H35F2NO2. The van der Waals surface area contributed by atoms with E-state index >= 15 is 8.78 Å². The van der Waals surface area contributed by atoms with Gasteiger partial charge in [-0.05, 0) is 71.0 Å². The number of carbonyl (C=O) groups is 1. The summed E-state index contributed by atoms with van der Waals surface area (Å²) < 4.78 is 36.0. The zero-order valence-electron chi connectivity index (χ0n) is 23.1. The van der Waals surface area contributed by atoms with Crippen LogP contribution in [-0.4, -0.2) is 31.0 Å². The van der Waals surface area contributed by atoms with Gasteiger partial charge in [-0.3, -0.25) is 4.79 Å². The van der Waals surface area contributed by atoms with E-state index in [2.05, 4.69) is 25.6 Å². The first-order valence-electron chi connectivity index (χ1n) is 13.7. The number of amides is 1. The van der Waals surface area contributed by atoms with Gasteiger partial charge in [0.05, 0.1) is 6.54 Å². The Balaban J connectivity index is 1.42. The van der Waals surface area contributed by atoms with Crippen molar-refractivity contribution in [2.75, 3.05) is 20.2 Å². The Labute approximate surface area is 235 Å². The fourth-order valence-electron chi connectivity index (χ4n) is 4.59. The summed E-state index contributed by atoms with van der Waals surface area (Å²) in [6.45, 7) is 6.41. The summed E-state index contributed by atoms with van der Waals surface area (Å²) in [5.74, 6) is -0.374. The third kappa shape index (κ3) is 7.23. The van der Waals surface area contributed by atoms with Gasteiger partial charge in [-0.1, -0.05) is 87.0 Å². The summed E-state index contributed by atoms with van der Waals surface area (Å²) in [5, 5.41) is 0. The highest BCUT2D eigenvalue weighted by Crippen LogP contribution is 2.32. The number of nitrogens with zero attached hydrogens (tertiary/aromatic N) is 1. The van der Waals surface area contributed by atoms with E-state index in [4.69, 9.17) is 4.74 Å². The Morgan fingerprint density at radius 1 is 0.800 bits per heavy atom. The Bertz CT molecular complexity index is 1450. The summed E-state index contributed by atoms with van der Waals surface area (Å²) >= 11 is 0. The Kier molecular flexibility index (Phi) is 9.85. The van der Waals surface area contributed by atoms with E-state index in [9.17, 15) is 4.79 Å². The van der Waals surface area contributed by atoms with Crippen LogP contribution in [0.15, 0.2) is 97.6 Å². The van der Waals surface area contributed by atoms with Crippen LogP contribution in [0.5, 0.6) is 5.75 Å². The Morgan fingerprint density at radius 2 is 1.38 bits per heavy atom. The molecule has 0 aliphatic carbocycles. The fraction of sp³-hybridized carbons (Fsp3) is 0.229. The Morgan fingerprint density at radius 3 is 2.00 bits per heavy atom. The van der Waals surface area contributed by atoms with Crippen molar-refractivity contribution in [2.45, 2.75) is 32.6 Å². The number of halogens is 2. The average Bonchev–Trinajstić information content (AvgIpc) is 2.97. The number of benzene rings is 4. The fourth-order valence-corrected chi connectivity index (χ4v) is 4.59. The van der Waals surface area contributed by atoms with E-state index in [1.165, 1.54) is 47.9 Å². The molecule has 4 rings (SSSR count). The second-order valence-corrected chi connectivity index (χ2v) is 9.88. The molecule has 0 N–H and O–H groups in total. The predicted molar refractivity (Wildman–Crippen MR) is 159 cm³/mol. The molecule has 0 atom stereocenters. The van der Waals surface area contributed by atoms with Crippen molar-refractivity contribution in [3.05, 3.63) is 115 Å². The molecule has 40 heavy (non-hydrogen) atoms. The van der Waals surface area contributed by atoms with Gasteiger partial charge in [-0.25, -0.2) is 8.78 Å². The monoisotopic (exact) mass is 539 g/mol. The van der Waals surface area contributed by atoms with E-state index in [0.717, 1.165) is 17.5 Å². The third-order valence-corrected chi connectivity index (χ3v) is 7.02. The van der Waals surface area contributed by atoms with Crippen LogP contribution in [0.3, 0.4) is 0 Å². The summed E-state index contributed by atoms with van der Waals surface area (Å²) in [5.41, 5.74) is 4.98. The van der Waals surface area contributed by atoms with E-state index in [1.807, 2.05) is 18.2 Å². The maximum absolute atomic E-state index is 15.2. The van der Waals surface area contributed by atoms with E-state index in [-0.39, 0.29) is 5.91 Å². The number of aryl methyl sites for hydroxylation is 1. The van der Waals surface area contributed by atoms with Crippen molar-refractivity contribution in [2.24, 2.45) is 0 Å². The van der Waals surface area contributed by atoms with Gasteiger partial charge in [0, 0.05) is 18.2 Å². The average molecular weight is 540 g/mol. The number of hydrogen-bond donors (Lipinski definition) is 0. The predicted octanol–water partition coefficient (Wildman–Crippen LogP) is 8.72. The number of rotatable bonds is 12. The van der Waals surface area contributed by atoms with Gasteiger partial charge >= 0.3 is 0 Å². The number of hydrogen-bond acceptors (Lipinski definition) is 2. The lowest BCUT2D eigenvalue weighted by atomic mass is 9.96. The highest BCUT2D eigenvalue weighted by Gasteiger charge is 2.12. The van der Waals surface area contributed by atoms with Gasteiger partial charge in [0.1, 0.15) is 24.0 Å². The zero-order chi connectivity index (χ0) is 28.5. The molecule has 0 saturated carbocycles. The van der Waals surface area contributed by atoms with Gasteiger partial charge in [0.25, 0.3) is 0 Å². The van der Waals surface area contributed by atoms with Crippen LogP contribution in [-0.2, 0) is 11.2 Å². The van der Waals surface area contributed by atoms with E-state index < -0.39 is 11.6 Å². The maximum atomic E-state index is 15.2. The molecule has 0 aromatic heterocycles.